The summed E-state index contributed by atoms with van der Waals surface area (Å²) in [5.41, 5.74) is 7.88. The van der Waals surface area contributed by atoms with Crippen LogP contribution in [0.2, 0.25) is 10.0 Å². The topological polar surface area (TPSA) is 126 Å². The number of carbonyl (C=O) groups is 1. The number of urea groups is 1. The fourth-order valence-electron chi connectivity index (χ4n) is 2.97. The van der Waals surface area contributed by atoms with Gasteiger partial charge in [-0.3, -0.25) is 4.79 Å². The monoisotopic (exact) mass is 470 g/mol. The first-order valence-corrected chi connectivity index (χ1v) is 9.96. The van der Waals surface area contributed by atoms with Crippen molar-refractivity contribution < 1.29 is 9.53 Å². The van der Waals surface area contributed by atoms with Crippen molar-refractivity contribution in [1.82, 2.24) is 15.5 Å². The Bertz CT molecular complexity index is 1330. The lowest BCUT2D eigenvalue weighted by molar-refractivity contribution is 0.248. The van der Waals surface area contributed by atoms with Crippen LogP contribution in [0.4, 0.5) is 10.5 Å². The molecular formula is C21H16Cl2N6O3. The van der Waals surface area contributed by atoms with Gasteiger partial charge in [-0.2, -0.15) is 5.01 Å². The fourth-order valence-corrected chi connectivity index (χ4v) is 3.52. The molecule has 0 unspecified atom stereocenters. The Morgan fingerprint density at radius 2 is 1.84 bits per heavy atom. The van der Waals surface area contributed by atoms with Gasteiger partial charge < -0.3 is 15.8 Å². The first-order chi connectivity index (χ1) is 15.2. The van der Waals surface area contributed by atoms with Gasteiger partial charge in [-0.15, -0.1) is 10.2 Å². The first-order valence-electron chi connectivity index (χ1n) is 9.21. The van der Waals surface area contributed by atoms with Crippen LogP contribution in [0.1, 0.15) is 5.56 Å². The number of aromatic nitrogens is 2. The lowest BCUT2D eigenvalue weighted by Crippen LogP contribution is -2.45. The molecule has 2 amide bonds. The number of aryl methyl sites for hydroxylation is 1. The van der Waals surface area contributed by atoms with E-state index < -0.39 is 6.03 Å². The molecule has 0 radical (unpaired) electrons. The minimum absolute atomic E-state index is 0.0401. The van der Waals surface area contributed by atoms with Crippen molar-refractivity contribution in [1.29, 1.82) is 0 Å². The fraction of sp³-hybridized carbons (Fsp3) is 0.0476. The molecule has 0 bridgehead atoms. The Morgan fingerprint density at radius 3 is 2.53 bits per heavy atom. The van der Waals surface area contributed by atoms with Gasteiger partial charge in [0.2, 0.25) is 5.88 Å². The number of halogens is 2. The summed E-state index contributed by atoms with van der Waals surface area (Å²) in [5, 5.41) is 13.9. The predicted molar refractivity (Wildman–Crippen MR) is 123 cm³/mol. The molecule has 4 rings (SSSR count). The molecule has 0 saturated heterocycles. The van der Waals surface area contributed by atoms with Crippen LogP contribution in [-0.2, 0) is 0 Å². The number of nitrogens with one attached hydrogen (secondary N) is 2. The molecule has 0 saturated carbocycles. The number of amides is 2. The van der Waals surface area contributed by atoms with E-state index >= 15 is 0 Å². The van der Waals surface area contributed by atoms with Crippen molar-refractivity contribution in [2.24, 2.45) is 10.8 Å². The number of hydrogen-bond donors (Lipinski definition) is 3. The molecule has 1 aromatic heterocycles. The zero-order valence-corrected chi connectivity index (χ0v) is 18.2. The third-order valence-electron chi connectivity index (χ3n) is 4.51. The van der Waals surface area contributed by atoms with Gasteiger partial charge in [0.1, 0.15) is 0 Å². The summed E-state index contributed by atoms with van der Waals surface area (Å²) in [6.45, 7) is 5.52. The van der Waals surface area contributed by atoms with E-state index in [0.29, 0.717) is 11.1 Å². The number of benzene rings is 2. The molecule has 9 nitrogen and oxygen atoms in total. The summed E-state index contributed by atoms with van der Waals surface area (Å²) in [5.74, 6) is 0.204. The van der Waals surface area contributed by atoms with Gasteiger partial charge in [0.25, 0.3) is 5.56 Å². The highest BCUT2D eigenvalue weighted by Gasteiger charge is 2.25. The number of rotatable bonds is 4. The Labute approximate surface area is 192 Å². The Morgan fingerprint density at radius 1 is 1.12 bits per heavy atom. The number of anilines is 1. The molecule has 0 atom stereocenters. The molecule has 2 heterocycles. The quantitative estimate of drug-likeness (QED) is 0.527. The number of nitrogens with two attached hydrogens (primary N) is 1. The van der Waals surface area contributed by atoms with Gasteiger partial charge in [-0.1, -0.05) is 59.6 Å². The zero-order chi connectivity index (χ0) is 23.0. The standard InChI is InChI=1S/C21H16Cl2N6O3/c1-10-4-3-5-12(6-10)14-9-17(26-27-20(14)30)32-18-15(22)7-13(8-16(18)23)29-21(31)25-11(2)19(24)28-29/h3-9H,2H2,1H3,(H2,24,28)(H,25,31)(H,27,30). The lowest BCUT2D eigenvalue weighted by Gasteiger charge is -2.24. The van der Waals surface area contributed by atoms with E-state index in [2.05, 4.69) is 27.2 Å². The van der Waals surface area contributed by atoms with Crippen molar-refractivity contribution in [2.75, 3.05) is 5.01 Å². The Kier molecular flexibility index (Phi) is 5.60. The molecule has 32 heavy (non-hydrogen) atoms. The van der Waals surface area contributed by atoms with E-state index in [9.17, 15) is 9.59 Å². The number of amidine groups is 1. The average molecular weight is 471 g/mol. The van der Waals surface area contributed by atoms with Crippen LogP contribution in [-0.4, -0.2) is 22.1 Å². The number of H-pyrrole nitrogens is 1. The third kappa shape index (κ3) is 4.16. The number of hydrogen-bond acceptors (Lipinski definition) is 6. The number of carbonyl (C=O) groups excluding carboxylic acids is 1. The van der Waals surface area contributed by atoms with Crippen molar-refractivity contribution in [2.45, 2.75) is 6.92 Å². The Balaban J connectivity index is 1.68. The van der Waals surface area contributed by atoms with Gasteiger partial charge in [0.05, 0.1) is 27.0 Å². The van der Waals surface area contributed by atoms with Crippen LogP contribution >= 0.6 is 23.2 Å². The molecule has 1 aliphatic heterocycles. The zero-order valence-electron chi connectivity index (χ0n) is 16.6. The summed E-state index contributed by atoms with van der Waals surface area (Å²) in [7, 11) is 0. The van der Waals surface area contributed by atoms with Crippen LogP contribution < -0.4 is 26.4 Å². The van der Waals surface area contributed by atoms with Crippen LogP contribution in [0.3, 0.4) is 0 Å². The second-order valence-electron chi connectivity index (χ2n) is 6.86. The van der Waals surface area contributed by atoms with Gasteiger partial charge in [-0.25, -0.2) is 9.89 Å². The minimum atomic E-state index is -0.574. The summed E-state index contributed by atoms with van der Waals surface area (Å²) in [6.07, 6.45) is 0. The molecule has 2 aromatic carbocycles. The van der Waals surface area contributed by atoms with E-state index in [0.717, 1.165) is 10.6 Å². The predicted octanol–water partition coefficient (Wildman–Crippen LogP) is 4.16. The summed E-state index contributed by atoms with van der Waals surface area (Å²) in [6, 6.07) is 11.2. The van der Waals surface area contributed by atoms with Gasteiger partial charge >= 0.3 is 6.03 Å². The Hall–Kier alpha value is -3.82. The van der Waals surface area contributed by atoms with E-state index in [1.54, 1.807) is 6.07 Å². The van der Waals surface area contributed by atoms with Crippen molar-refractivity contribution >= 4 is 40.8 Å². The number of aromatic amines is 1. The van der Waals surface area contributed by atoms with E-state index in [1.807, 2.05) is 25.1 Å². The van der Waals surface area contributed by atoms with Crippen LogP contribution in [0.25, 0.3) is 11.1 Å². The number of hydrazone groups is 1. The second kappa shape index (κ2) is 8.37. The van der Waals surface area contributed by atoms with Crippen molar-refractivity contribution in [3.63, 3.8) is 0 Å². The van der Waals surface area contributed by atoms with Crippen LogP contribution in [0.15, 0.2) is 64.6 Å². The second-order valence-corrected chi connectivity index (χ2v) is 7.68. The SMILES string of the molecule is C=C1NC(=O)N(c2cc(Cl)c(Oc3cc(-c4cccc(C)c4)c(=O)[nH]n3)c(Cl)c2)N=C1N. The molecule has 1 aliphatic rings. The third-order valence-corrected chi connectivity index (χ3v) is 5.07. The van der Waals surface area contributed by atoms with E-state index in [4.69, 9.17) is 33.7 Å². The van der Waals surface area contributed by atoms with E-state index in [-0.39, 0.29) is 44.5 Å². The number of nitrogens with zero attached hydrogens (tertiary/aromatic N) is 3. The summed E-state index contributed by atoms with van der Waals surface area (Å²) in [4.78, 5) is 24.5. The highest BCUT2D eigenvalue weighted by atomic mass is 35.5. The first kappa shape index (κ1) is 21.4. The van der Waals surface area contributed by atoms with Gasteiger partial charge in [0.15, 0.2) is 11.6 Å². The van der Waals surface area contributed by atoms with Crippen molar-refractivity contribution in [3.8, 4) is 22.8 Å². The van der Waals surface area contributed by atoms with Gasteiger partial charge in [0, 0.05) is 6.07 Å². The molecule has 4 N–H and O–H groups in total. The number of ether oxygens (including phenoxy) is 1. The maximum absolute atomic E-state index is 12.3. The average Bonchev–Trinajstić information content (AvgIpc) is 2.74. The summed E-state index contributed by atoms with van der Waals surface area (Å²) >= 11 is 12.7. The molecular weight excluding hydrogens is 455 g/mol. The molecule has 0 spiro atoms. The van der Waals surface area contributed by atoms with Crippen LogP contribution in [0.5, 0.6) is 11.6 Å². The van der Waals surface area contributed by atoms with Gasteiger partial charge in [-0.05, 0) is 24.6 Å². The summed E-state index contributed by atoms with van der Waals surface area (Å²) < 4.78 is 5.76. The van der Waals surface area contributed by atoms with E-state index in [1.165, 1.54) is 18.2 Å². The maximum atomic E-state index is 12.3. The molecule has 162 valence electrons. The molecule has 0 aliphatic carbocycles. The highest BCUT2D eigenvalue weighted by Crippen LogP contribution is 2.40. The minimum Gasteiger partial charge on any atom is -0.434 e. The van der Waals surface area contributed by atoms with Crippen LogP contribution in [0, 0.1) is 6.92 Å². The van der Waals surface area contributed by atoms with Crippen molar-refractivity contribution in [3.05, 3.63) is 80.7 Å². The maximum Gasteiger partial charge on any atom is 0.347 e. The lowest BCUT2D eigenvalue weighted by atomic mass is 10.1. The molecule has 11 heteroatoms. The highest BCUT2D eigenvalue weighted by molar-refractivity contribution is 6.37. The smallest absolute Gasteiger partial charge is 0.347 e. The normalized spacial score (nSPS) is 13.6. The molecule has 0 fully saturated rings. The largest absolute Gasteiger partial charge is 0.434 e. The molecule has 3 aromatic rings.